The zero-order chi connectivity index (χ0) is 25.3. The minimum atomic E-state index is -0.655. The van der Waals surface area contributed by atoms with E-state index in [9.17, 15) is 14.9 Å². The number of aryl methyl sites for hydroxylation is 2. The van der Waals surface area contributed by atoms with Crippen LogP contribution in [0.4, 0.5) is 0 Å². The summed E-state index contributed by atoms with van der Waals surface area (Å²) in [6.07, 6.45) is 3.71. The second-order valence-corrected chi connectivity index (χ2v) is 10.1. The van der Waals surface area contributed by atoms with Gasteiger partial charge in [-0.15, -0.1) is 0 Å². The van der Waals surface area contributed by atoms with E-state index in [4.69, 9.17) is 21.3 Å². The third kappa shape index (κ3) is 4.72. The summed E-state index contributed by atoms with van der Waals surface area (Å²) >= 11 is 6.17. The Hall–Kier alpha value is -3.11. The summed E-state index contributed by atoms with van der Waals surface area (Å²) in [5.41, 5.74) is 0.699. The summed E-state index contributed by atoms with van der Waals surface area (Å²) in [4.78, 5) is 32.3. The van der Waals surface area contributed by atoms with Crippen LogP contribution in [0.15, 0.2) is 29.1 Å². The number of rotatable bonds is 8. The SMILES string of the molecule is CCc1nc2c(c(OC(C)C)c(C(=O)CC3(C#N)CCCC3)n2C)c(=O)n1Cc1cccc(Cl)c1. The van der Waals surface area contributed by atoms with Crippen LogP contribution in [0, 0.1) is 16.7 Å². The van der Waals surface area contributed by atoms with E-state index in [1.165, 1.54) is 0 Å². The van der Waals surface area contributed by atoms with Gasteiger partial charge >= 0.3 is 0 Å². The van der Waals surface area contributed by atoms with Crippen LogP contribution in [-0.2, 0) is 20.0 Å². The lowest BCUT2D eigenvalue weighted by molar-refractivity contribution is 0.0927. The van der Waals surface area contributed by atoms with Crippen molar-refractivity contribution in [1.29, 1.82) is 5.26 Å². The van der Waals surface area contributed by atoms with Gasteiger partial charge < -0.3 is 9.30 Å². The molecule has 35 heavy (non-hydrogen) atoms. The van der Waals surface area contributed by atoms with E-state index in [1.807, 2.05) is 39.0 Å². The highest BCUT2D eigenvalue weighted by atomic mass is 35.5. The van der Waals surface area contributed by atoms with Crippen LogP contribution in [0.25, 0.3) is 11.0 Å². The van der Waals surface area contributed by atoms with Crippen molar-refractivity contribution < 1.29 is 9.53 Å². The van der Waals surface area contributed by atoms with Gasteiger partial charge in [0.25, 0.3) is 5.56 Å². The molecule has 0 amide bonds. The molecule has 184 valence electrons. The fraction of sp³-hybridized carbons (Fsp3) is 0.481. The zero-order valence-corrected chi connectivity index (χ0v) is 21.5. The van der Waals surface area contributed by atoms with E-state index in [0.29, 0.717) is 53.4 Å². The van der Waals surface area contributed by atoms with Gasteiger partial charge in [-0.05, 0) is 44.4 Å². The Morgan fingerprint density at radius 2 is 2.03 bits per heavy atom. The molecule has 0 aliphatic heterocycles. The molecule has 1 aliphatic rings. The summed E-state index contributed by atoms with van der Waals surface area (Å²) in [5, 5.41) is 10.7. The van der Waals surface area contributed by atoms with E-state index in [0.717, 1.165) is 18.4 Å². The number of halogens is 1. The van der Waals surface area contributed by atoms with Crippen molar-refractivity contribution in [2.24, 2.45) is 12.5 Å². The highest BCUT2D eigenvalue weighted by Crippen LogP contribution is 2.42. The Labute approximate surface area is 210 Å². The monoisotopic (exact) mass is 494 g/mol. The van der Waals surface area contributed by atoms with E-state index >= 15 is 0 Å². The Kier molecular flexibility index (Phi) is 7.05. The molecule has 0 unspecified atom stereocenters. The van der Waals surface area contributed by atoms with Crippen LogP contribution in [-0.4, -0.2) is 26.0 Å². The van der Waals surface area contributed by atoms with Crippen LogP contribution < -0.4 is 10.3 Å². The first kappa shape index (κ1) is 25.0. The first-order valence-corrected chi connectivity index (χ1v) is 12.5. The van der Waals surface area contributed by atoms with Gasteiger partial charge in [-0.25, -0.2) is 4.98 Å². The standard InChI is InChI=1S/C27H31ClN4O3/c1-5-21-30-25-22(26(34)32(21)15-18-9-8-10-19(28)13-18)24(35-17(2)3)23(31(25)4)20(33)14-27(16-29)11-6-7-12-27/h8-10,13,17H,5-7,11-12,14-15H2,1-4H3. The van der Waals surface area contributed by atoms with Gasteiger partial charge in [0.05, 0.1) is 24.1 Å². The lowest BCUT2D eigenvalue weighted by Gasteiger charge is -2.19. The Morgan fingerprint density at radius 3 is 2.63 bits per heavy atom. The maximum absolute atomic E-state index is 13.9. The number of fused-ring (bicyclic) bond motifs is 1. The molecule has 0 bridgehead atoms. The van der Waals surface area contributed by atoms with Gasteiger partial charge in [0, 0.05) is 24.9 Å². The molecule has 1 aliphatic carbocycles. The molecule has 0 saturated heterocycles. The smallest absolute Gasteiger partial charge is 0.267 e. The molecule has 3 aromatic rings. The van der Waals surface area contributed by atoms with Gasteiger partial charge in [0.15, 0.2) is 17.2 Å². The maximum Gasteiger partial charge on any atom is 0.267 e. The number of carbonyl (C=O) groups is 1. The second-order valence-electron chi connectivity index (χ2n) is 9.70. The molecule has 0 radical (unpaired) electrons. The predicted octanol–water partition coefficient (Wildman–Crippen LogP) is 5.44. The van der Waals surface area contributed by atoms with E-state index < -0.39 is 5.41 Å². The molecular weight excluding hydrogens is 464 g/mol. The largest absolute Gasteiger partial charge is 0.488 e. The van der Waals surface area contributed by atoms with E-state index in [1.54, 1.807) is 22.2 Å². The van der Waals surface area contributed by atoms with Gasteiger partial charge in [-0.1, -0.05) is 43.5 Å². The van der Waals surface area contributed by atoms with E-state index in [2.05, 4.69) is 6.07 Å². The Morgan fingerprint density at radius 1 is 1.31 bits per heavy atom. The molecule has 1 saturated carbocycles. The molecular formula is C27H31ClN4O3. The molecule has 0 atom stereocenters. The quantitative estimate of drug-likeness (QED) is 0.389. The van der Waals surface area contributed by atoms with Crippen molar-refractivity contribution in [2.45, 2.75) is 71.9 Å². The second kappa shape index (κ2) is 9.87. The number of benzene rings is 1. The first-order chi connectivity index (χ1) is 16.7. The van der Waals surface area contributed by atoms with Gasteiger partial charge in [-0.3, -0.25) is 14.2 Å². The summed E-state index contributed by atoms with van der Waals surface area (Å²) in [6, 6.07) is 9.78. The number of hydrogen-bond donors (Lipinski definition) is 0. The molecule has 2 heterocycles. The summed E-state index contributed by atoms with van der Waals surface area (Å²) in [6.45, 7) is 5.97. The van der Waals surface area contributed by atoms with Crippen molar-refractivity contribution in [3.8, 4) is 11.8 Å². The van der Waals surface area contributed by atoms with Crippen LogP contribution in [0.3, 0.4) is 0 Å². The molecule has 7 nitrogen and oxygen atoms in total. The third-order valence-electron chi connectivity index (χ3n) is 6.78. The van der Waals surface area contributed by atoms with Crippen LogP contribution in [0.1, 0.15) is 74.8 Å². The number of aromatic nitrogens is 3. The summed E-state index contributed by atoms with van der Waals surface area (Å²) < 4.78 is 9.41. The Bertz CT molecular complexity index is 1370. The molecule has 4 rings (SSSR count). The zero-order valence-electron chi connectivity index (χ0n) is 20.7. The lowest BCUT2D eigenvalue weighted by atomic mass is 9.82. The van der Waals surface area contributed by atoms with Crippen molar-refractivity contribution in [1.82, 2.24) is 14.1 Å². The van der Waals surface area contributed by atoms with E-state index in [-0.39, 0.29) is 29.6 Å². The molecule has 1 fully saturated rings. The minimum Gasteiger partial charge on any atom is -0.488 e. The molecule has 0 spiro atoms. The summed E-state index contributed by atoms with van der Waals surface area (Å²) in [5.74, 6) is 0.680. The Balaban J connectivity index is 1.90. The maximum atomic E-state index is 13.9. The first-order valence-electron chi connectivity index (χ1n) is 12.2. The van der Waals surface area contributed by atoms with Crippen molar-refractivity contribution in [2.75, 3.05) is 0 Å². The van der Waals surface area contributed by atoms with Crippen molar-refractivity contribution in [3.05, 3.63) is 56.7 Å². The van der Waals surface area contributed by atoms with Gasteiger partial charge in [-0.2, -0.15) is 5.26 Å². The van der Waals surface area contributed by atoms with Gasteiger partial charge in [0.1, 0.15) is 16.9 Å². The number of Topliss-reactive ketones (excluding diaryl/α,β-unsaturated/α-hetero) is 1. The van der Waals surface area contributed by atoms with Crippen LogP contribution in [0.2, 0.25) is 5.02 Å². The number of carbonyl (C=O) groups excluding carboxylic acids is 1. The van der Waals surface area contributed by atoms with Crippen LogP contribution >= 0.6 is 11.6 Å². The predicted molar refractivity (Wildman–Crippen MR) is 136 cm³/mol. The third-order valence-corrected chi connectivity index (χ3v) is 7.02. The van der Waals surface area contributed by atoms with Crippen LogP contribution in [0.5, 0.6) is 5.75 Å². The number of nitrogens with zero attached hydrogens (tertiary/aromatic N) is 4. The average molecular weight is 495 g/mol. The fourth-order valence-corrected chi connectivity index (χ4v) is 5.30. The highest BCUT2D eigenvalue weighted by Gasteiger charge is 2.38. The normalized spacial score (nSPS) is 15.0. The number of hydrogen-bond acceptors (Lipinski definition) is 5. The van der Waals surface area contributed by atoms with Crippen molar-refractivity contribution >= 4 is 28.4 Å². The topological polar surface area (TPSA) is 89.9 Å². The lowest BCUT2D eigenvalue weighted by Crippen LogP contribution is -2.26. The average Bonchev–Trinajstić information content (AvgIpc) is 3.38. The summed E-state index contributed by atoms with van der Waals surface area (Å²) in [7, 11) is 1.74. The number of ether oxygens (including phenoxy) is 1. The molecule has 8 heteroatoms. The van der Waals surface area contributed by atoms with Crippen molar-refractivity contribution in [3.63, 3.8) is 0 Å². The highest BCUT2D eigenvalue weighted by molar-refractivity contribution is 6.30. The minimum absolute atomic E-state index is 0.111. The molecule has 2 aromatic heterocycles. The molecule has 0 N–H and O–H groups in total. The number of nitriles is 1. The fourth-order valence-electron chi connectivity index (χ4n) is 5.09. The number of ketones is 1. The van der Waals surface area contributed by atoms with Gasteiger partial charge in [0.2, 0.25) is 0 Å². The molecule has 1 aromatic carbocycles.